The molecule has 1 atom stereocenters. The summed E-state index contributed by atoms with van der Waals surface area (Å²) in [5.41, 5.74) is 1.76. The van der Waals surface area contributed by atoms with Crippen LogP contribution in [-0.4, -0.2) is 29.8 Å². The maximum absolute atomic E-state index is 13.6. The van der Waals surface area contributed by atoms with Crippen molar-refractivity contribution >= 4 is 17.4 Å². The number of H-pyrrole nitrogens is 1. The van der Waals surface area contributed by atoms with Crippen molar-refractivity contribution in [3.63, 3.8) is 0 Å². The van der Waals surface area contributed by atoms with E-state index in [0.717, 1.165) is 12.0 Å². The molecule has 2 aromatic carbocycles. The zero-order chi connectivity index (χ0) is 24.8. The molecule has 1 fully saturated rings. The van der Waals surface area contributed by atoms with Crippen molar-refractivity contribution in [3.8, 4) is 11.5 Å². The van der Waals surface area contributed by atoms with Gasteiger partial charge in [0.05, 0.1) is 25.8 Å². The number of aromatic nitrogens is 1. The number of aromatic amines is 1. The molecule has 0 bridgehead atoms. The average molecular weight is 473 g/mol. The number of Topliss-reactive ketones (excluding diaryl/α,β-unsaturated/α-hetero) is 1. The molecule has 180 valence electrons. The first-order valence-electron chi connectivity index (χ1n) is 11.7. The molecule has 4 rings (SSSR count). The van der Waals surface area contributed by atoms with Gasteiger partial charge in [0.25, 0.3) is 5.91 Å². The summed E-state index contributed by atoms with van der Waals surface area (Å²) < 4.78 is 11.1. The van der Waals surface area contributed by atoms with E-state index in [9.17, 15) is 14.7 Å². The average Bonchev–Trinajstić information content (AvgIpc) is 3.13. The zero-order valence-corrected chi connectivity index (χ0v) is 19.8. The van der Waals surface area contributed by atoms with Crippen LogP contribution in [-0.2, 0) is 16.1 Å². The molecule has 1 aromatic heterocycles. The Hall–Kier alpha value is -4.13. The number of hydrogen-bond acceptors (Lipinski definition) is 5. The number of carbonyl (C=O) groups is 2. The van der Waals surface area contributed by atoms with Gasteiger partial charge in [-0.05, 0) is 54.8 Å². The van der Waals surface area contributed by atoms with E-state index in [1.807, 2.05) is 26.0 Å². The molecule has 2 heterocycles. The summed E-state index contributed by atoms with van der Waals surface area (Å²) in [7, 11) is 0. The number of pyridine rings is 1. The maximum atomic E-state index is 13.6. The monoisotopic (exact) mass is 472 g/mol. The third-order valence-corrected chi connectivity index (χ3v) is 5.75. The van der Waals surface area contributed by atoms with Crippen molar-refractivity contribution in [2.75, 3.05) is 13.2 Å². The Bertz CT molecular complexity index is 1200. The lowest BCUT2D eigenvalue weighted by Crippen LogP contribution is -2.29. The third kappa shape index (κ3) is 5.19. The highest BCUT2D eigenvalue weighted by atomic mass is 16.5. The van der Waals surface area contributed by atoms with Gasteiger partial charge in [-0.3, -0.25) is 9.59 Å². The zero-order valence-electron chi connectivity index (χ0n) is 19.8. The highest BCUT2D eigenvalue weighted by molar-refractivity contribution is 6.46. The molecule has 1 saturated heterocycles. The first kappa shape index (κ1) is 24.0. The Balaban J connectivity index is 1.77. The van der Waals surface area contributed by atoms with Gasteiger partial charge in [-0.15, -0.1) is 0 Å². The Labute approximate surface area is 204 Å². The van der Waals surface area contributed by atoms with Crippen LogP contribution in [0, 0.1) is 0 Å². The fourth-order valence-corrected chi connectivity index (χ4v) is 4.10. The summed E-state index contributed by atoms with van der Waals surface area (Å²) in [5.74, 6) is -0.622. The number of hydrogen-bond donors (Lipinski definition) is 0. The molecule has 1 N–H and O–H groups in total. The van der Waals surface area contributed by atoms with Crippen LogP contribution < -0.4 is 19.6 Å². The van der Waals surface area contributed by atoms with Crippen molar-refractivity contribution in [2.45, 2.75) is 32.9 Å². The number of nitrogens with zero attached hydrogens (tertiary/aromatic N) is 1. The van der Waals surface area contributed by atoms with E-state index in [1.54, 1.807) is 60.9 Å². The number of ketones is 1. The van der Waals surface area contributed by atoms with Crippen molar-refractivity contribution in [1.29, 1.82) is 0 Å². The second kappa shape index (κ2) is 10.9. The number of carbonyl (C=O) groups excluding carboxylic acids is 2. The van der Waals surface area contributed by atoms with Crippen LogP contribution >= 0.6 is 0 Å². The van der Waals surface area contributed by atoms with Gasteiger partial charge in [0.15, 0.2) is 12.4 Å². The van der Waals surface area contributed by atoms with Crippen LogP contribution in [0.4, 0.5) is 0 Å². The van der Waals surface area contributed by atoms with Gasteiger partial charge in [0.2, 0.25) is 5.78 Å². The molecular weight excluding hydrogens is 444 g/mol. The van der Waals surface area contributed by atoms with Gasteiger partial charge in [-0.25, -0.2) is 4.98 Å². The second-order valence-electron chi connectivity index (χ2n) is 8.19. The predicted octanol–water partition coefficient (Wildman–Crippen LogP) is 3.11. The third-order valence-electron chi connectivity index (χ3n) is 5.75. The summed E-state index contributed by atoms with van der Waals surface area (Å²) in [4.78, 5) is 30.8. The van der Waals surface area contributed by atoms with Crippen molar-refractivity contribution in [3.05, 3.63) is 95.3 Å². The maximum Gasteiger partial charge on any atom is 0.295 e. The van der Waals surface area contributed by atoms with E-state index in [4.69, 9.17) is 9.47 Å². The van der Waals surface area contributed by atoms with Crippen molar-refractivity contribution in [2.24, 2.45) is 0 Å². The minimum Gasteiger partial charge on any atom is -0.872 e. The molecule has 1 unspecified atom stereocenters. The number of rotatable bonds is 9. The first-order valence-corrected chi connectivity index (χ1v) is 11.7. The molecule has 7 nitrogen and oxygen atoms in total. The molecule has 0 radical (unpaired) electrons. The fourth-order valence-electron chi connectivity index (χ4n) is 4.10. The molecule has 0 saturated carbocycles. The molecule has 1 amide bonds. The largest absolute Gasteiger partial charge is 0.872 e. The van der Waals surface area contributed by atoms with E-state index in [-0.39, 0.29) is 12.1 Å². The molecule has 3 aromatic rings. The highest BCUT2D eigenvalue weighted by Crippen LogP contribution is 2.40. The van der Waals surface area contributed by atoms with E-state index in [1.165, 1.54) is 4.90 Å². The lowest BCUT2D eigenvalue weighted by Gasteiger charge is -2.27. The Morgan fingerprint density at radius 1 is 0.971 bits per heavy atom. The number of ether oxygens (including phenoxy) is 2. The second-order valence-corrected chi connectivity index (χ2v) is 8.19. The quantitative estimate of drug-likeness (QED) is 0.271. The lowest BCUT2D eigenvalue weighted by molar-refractivity contribution is -0.378. The smallest absolute Gasteiger partial charge is 0.295 e. The Morgan fingerprint density at radius 3 is 2.29 bits per heavy atom. The van der Waals surface area contributed by atoms with Gasteiger partial charge in [-0.1, -0.05) is 36.9 Å². The van der Waals surface area contributed by atoms with Crippen LogP contribution in [0.2, 0.25) is 0 Å². The molecule has 0 spiro atoms. The topological polar surface area (TPSA) is 93.0 Å². The molecule has 7 heteroatoms. The van der Waals surface area contributed by atoms with Gasteiger partial charge in [-0.2, -0.15) is 0 Å². The molecule has 1 aliphatic rings. The SMILES string of the molecule is CCCOc1ccc(C2/C(=C(\[O-])c3ccc(OCC)cc3)C(=O)C(=O)N2Cc2ccc[nH+]c2)cc1. The van der Waals surface area contributed by atoms with Gasteiger partial charge < -0.3 is 19.5 Å². The first-order chi connectivity index (χ1) is 17.0. The Kier molecular flexibility index (Phi) is 7.45. The molecular formula is C28H28N2O5. The fraction of sp³-hybridized carbons (Fsp3) is 0.250. The van der Waals surface area contributed by atoms with Crippen LogP contribution in [0.15, 0.2) is 78.6 Å². The standard InChI is InChI=1S/C28H28N2O5/c1-3-16-35-23-11-7-20(8-12-23)25-24(26(31)21-9-13-22(14-10-21)34-4-2)27(32)28(33)30(25)18-19-6-5-15-29-17-19/h5-15,17,25,31H,3-4,16,18H2,1-2H3/b26-24+. The van der Waals surface area contributed by atoms with E-state index in [2.05, 4.69) is 4.98 Å². The van der Waals surface area contributed by atoms with E-state index >= 15 is 0 Å². The normalized spacial score (nSPS) is 17.0. The van der Waals surface area contributed by atoms with Gasteiger partial charge in [0.1, 0.15) is 11.5 Å². The van der Waals surface area contributed by atoms with Crippen LogP contribution in [0.5, 0.6) is 11.5 Å². The van der Waals surface area contributed by atoms with Crippen LogP contribution in [0.25, 0.3) is 5.76 Å². The summed E-state index contributed by atoms with van der Waals surface area (Å²) in [6.07, 6.45) is 4.41. The van der Waals surface area contributed by atoms with Crippen LogP contribution in [0.1, 0.15) is 43.0 Å². The van der Waals surface area contributed by atoms with E-state index in [0.29, 0.717) is 35.8 Å². The molecule has 0 aliphatic carbocycles. The summed E-state index contributed by atoms with van der Waals surface area (Å²) in [5, 5.41) is 13.6. The number of amides is 1. The minimum atomic E-state index is -0.811. The minimum absolute atomic E-state index is 0.0544. The summed E-state index contributed by atoms with van der Waals surface area (Å²) >= 11 is 0. The van der Waals surface area contributed by atoms with Crippen molar-refractivity contribution in [1.82, 2.24) is 4.90 Å². The summed E-state index contributed by atoms with van der Waals surface area (Å²) in [6.45, 7) is 5.17. The van der Waals surface area contributed by atoms with Crippen molar-refractivity contribution < 1.29 is 29.2 Å². The van der Waals surface area contributed by atoms with Gasteiger partial charge >= 0.3 is 0 Å². The molecule has 35 heavy (non-hydrogen) atoms. The highest BCUT2D eigenvalue weighted by Gasteiger charge is 2.44. The summed E-state index contributed by atoms with van der Waals surface area (Å²) in [6, 6.07) is 16.7. The predicted molar refractivity (Wildman–Crippen MR) is 128 cm³/mol. The lowest BCUT2D eigenvalue weighted by atomic mass is 9.95. The number of likely N-dealkylation sites (tertiary alicyclic amines) is 1. The number of benzene rings is 2. The van der Waals surface area contributed by atoms with E-state index < -0.39 is 23.5 Å². The Morgan fingerprint density at radius 2 is 1.66 bits per heavy atom. The van der Waals surface area contributed by atoms with Gasteiger partial charge in [0, 0.05) is 17.2 Å². The molecule has 1 aliphatic heterocycles. The number of nitrogens with one attached hydrogen (secondary N) is 1. The van der Waals surface area contributed by atoms with Crippen LogP contribution in [0.3, 0.4) is 0 Å².